The van der Waals surface area contributed by atoms with Crippen LogP contribution in [0.25, 0.3) is 0 Å². The SMILES string of the molecule is CC\C=C/C=C\C=C/C=C\C=C/CCCCCC(=O)OC(COC(=O)CCCCC/C=C\C/C=C\C/C=C\C/C=C\CC)COC(=O)CCCCCCCCCCCCCCCC. The van der Waals surface area contributed by atoms with E-state index < -0.39 is 6.10 Å². The smallest absolute Gasteiger partial charge is 0.306 e. The zero-order valence-electron chi connectivity index (χ0n) is 40.5. The van der Waals surface area contributed by atoms with Gasteiger partial charge in [-0.3, -0.25) is 14.4 Å². The van der Waals surface area contributed by atoms with Crippen LogP contribution < -0.4 is 0 Å². The molecular weight excluding hydrogens is 781 g/mol. The van der Waals surface area contributed by atoms with Crippen LogP contribution in [-0.2, 0) is 28.6 Å². The van der Waals surface area contributed by atoms with Crippen molar-refractivity contribution in [3.8, 4) is 0 Å². The number of ether oxygens (including phenoxy) is 3. The first-order valence-corrected chi connectivity index (χ1v) is 25.5. The minimum Gasteiger partial charge on any atom is -0.462 e. The molecule has 0 aromatic carbocycles. The number of unbranched alkanes of at least 4 members (excludes halogenated alkanes) is 19. The molecular formula is C57H92O6. The molecule has 0 spiro atoms. The van der Waals surface area contributed by atoms with E-state index in [-0.39, 0.29) is 37.5 Å². The maximum absolute atomic E-state index is 12.8. The molecule has 6 nitrogen and oxygen atoms in total. The molecule has 0 aliphatic heterocycles. The van der Waals surface area contributed by atoms with Gasteiger partial charge in [-0.25, -0.2) is 0 Å². The first-order valence-electron chi connectivity index (χ1n) is 25.5. The molecule has 0 aromatic rings. The van der Waals surface area contributed by atoms with Crippen LogP contribution in [0.2, 0.25) is 0 Å². The van der Waals surface area contributed by atoms with Gasteiger partial charge in [-0.15, -0.1) is 0 Å². The van der Waals surface area contributed by atoms with Gasteiger partial charge in [0, 0.05) is 19.3 Å². The fourth-order valence-corrected chi connectivity index (χ4v) is 6.63. The summed E-state index contributed by atoms with van der Waals surface area (Å²) in [6.07, 6.45) is 67.8. The van der Waals surface area contributed by atoms with E-state index in [1.165, 1.54) is 70.6 Å². The Morgan fingerprint density at radius 1 is 0.349 bits per heavy atom. The van der Waals surface area contributed by atoms with Gasteiger partial charge in [-0.05, 0) is 77.0 Å². The number of carbonyl (C=O) groups excluding carboxylic acids is 3. The minimum absolute atomic E-state index is 0.106. The van der Waals surface area contributed by atoms with Crippen LogP contribution in [0.1, 0.15) is 213 Å². The van der Waals surface area contributed by atoms with E-state index in [0.29, 0.717) is 19.3 Å². The van der Waals surface area contributed by atoms with Crippen LogP contribution >= 0.6 is 0 Å². The molecule has 0 heterocycles. The fraction of sp³-hybridized carbons (Fsp3) is 0.632. The van der Waals surface area contributed by atoms with Gasteiger partial charge in [-0.1, -0.05) is 226 Å². The molecule has 0 N–H and O–H groups in total. The number of hydrogen-bond acceptors (Lipinski definition) is 6. The summed E-state index contributed by atoms with van der Waals surface area (Å²) in [5.74, 6) is -0.985. The first-order chi connectivity index (χ1) is 31.0. The second kappa shape index (κ2) is 50.7. The lowest BCUT2D eigenvalue weighted by molar-refractivity contribution is -0.167. The molecule has 356 valence electrons. The third-order valence-electron chi connectivity index (χ3n) is 10.4. The lowest BCUT2D eigenvalue weighted by Crippen LogP contribution is -2.30. The largest absolute Gasteiger partial charge is 0.462 e. The number of rotatable bonds is 44. The molecule has 0 saturated carbocycles. The van der Waals surface area contributed by atoms with Crippen molar-refractivity contribution < 1.29 is 28.6 Å². The molecule has 0 amide bonds. The molecule has 0 saturated heterocycles. The lowest BCUT2D eigenvalue weighted by Gasteiger charge is -2.18. The summed E-state index contributed by atoms with van der Waals surface area (Å²) in [5.41, 5.74) is 0. The van der Waals surface area contributed by atoms with E-state index in [0.717, 1.165) is 96.3 Å². The van der Waals surface area contributed by atoms with Crippen molar-refractivity contribution in [1.29, 1.82) is 0 Å². The summed E-state index contributed by atoms with van der Waals surface area (Å²) in [4.78, 5) is 38.0. The summed E-state index contributed by atoms with van der Waals surface area (Å²) < 4.78 is 16.7. The van der Waals surface area contributed by atoms with Gasteiger partial charge in [0.2, 0.25) is 0 Å². The third kappa shape index (κ3) is 49.0. The molecule has 0 aliphatic carbocycles. The highest BCUT2D eigenvalue weighted by molar-refractivity contribution is 5.71. The van der Waals surface area contributed by atoms with Crippen LogP contribution in [0.15, 0.2) is 109 Å². The summed E-state index contributed by atoms with van der Waals surface area (Å²) in [6.45, 7) is 6.31. The van der Waals surface area contributed by atoms with E-state index in [1.54, 1.807) is 0 Å². The Morgan fingerprint density at radius 2 is 0.698 bits per heavy atom. The zero-order valence-corrected chi connectivity index (χ0v) is 40.5. The normalized spacial score (nSPS) is 13.0. The summed E-state index contributed by atoms with van der Waals surface area (Å²) in [6, 6.07) is 0. The Morgan fingerprint density at radius 3 is 1.16 bits per heavy atom. The molecule has 0 bridgehead atoms. The fourth-order valence-electron chi connectivity index (χ4n) is 6.63. The standard InChI is InChI=1S/C57H92O6/c1-4-7-10-13-16-19-22-25-28-30-32-35-38-41-44-47-50-56(59)62-53-54(52-61-55(58)49-46-43-40-37-34-31-27-24-21-18-15-12-9-6-3)63-57(60)51-48-45-42-39-36-33-29-26-23-20-17-14-11-8-5-2/h7-8,10-11,14,16-17,19-20,23,25-26,28-29,32-33,35-36,54H,4-6,9,12-13,15,18,21-22,24,27,30-31,34,37-53H2,1-3H3/b10-7-,11-8-,17-14-,19-16-,23-20-,28-25-,29-26-,35-32-,36-33-. The van der Waals surface area contributed by atoms with Crippen LogP contribution in [0.5, 0.6) is 0 Å². The second-order valence-electron chi connectivity index (χ2n) is 16.4. The first kappa shape index (κ1) is 59.1. The maximum Gasteiger partial charge on any atom is 0.306 e. The highest BCUT2D eigenvalue weighted by Crippen LogP contribution is 2.14. The van der Waals surface area contributed by atoms with Crippen molar-refractivity contribution in [1.82, 2.24) is 0 Å². The molecule has 0 aromatic heterocycles. The van der Waals surface area contributed by atoms with Crippen molar-refractivity contribution in [2.75, 3.05) is 13.2 Å². The van der Waals surface area contributed by atoms with E-state index >= 15 is 0 Å². The molecule has 63 heavy (non-hydrogen) atoms. The number of carbonyl (C=O) groups is 3. The molecule has 0 fully saturated rings. The van der Waals surface area contributed by atoms with Gasteiger partial charge in [0.1, 0.15) is 13.2 Å². The average molecular weight is 873 g/mol. The highest BCUT2D eigenvalue weighted by atomic mass is 16.6. The van der Waals surface area contributed by atoms with Gasteiger partial charge < -0.3 is 14.2 Å². The van der Waals surface area contributed by atoms with Crippen molar-refractivity contribution in [2.45, 2.75) is 219 Å². The van der Waals surface area contributed by atoms with E-state index in [1.807, 2.05) is 48.6 Å². The van der Waals surface area contributed by atoms with Gasteiger partial charge in [0.25, 0.3) is 0 Å². The predicted molar refractivity (Wildman–Crippen MR) is 270 cm³/mol. The molecule has 6 heteroatoms. The highest BCUT2D eigenvalue weighted by Gasteiger charge is 2.19. The molecule has 0 radical (unpaired) electrons. The zero-order chi connectivity index (χ0) is 45.8. The van der Waals surface area contributed by atoms with Gasteiger partial charge in [0.15, 0.2) is 6.10 Å². The third-order valence-corrected chi connectivity index (χ3v) is 10.4. The Balaban J connectivity index is 4.53. The van der Waals surface area contributed by atoms with Gasteiger partial charge >= 0.3 is 17.9 Å². The van der Waals surface area contributed by atoms with E-state index in [2.05, 4.69) is 81.5 Å². The summed E-state index contributed by atoms with van der Waals surface area (Å²) >= 11 is 0. The van der Waals surface area contributed by atoms with Crippen molar-refractivity contribution in [3.05, 3.63) is 109 Å². The predicted octanol–water partition coefficient (Wildman–Crippen LogP) is 16.8. The van der Waals surface area contributed by atoms with E-state index in [9.17, 15) is 14.4 Å². The van der Waals surface area contributed by atoms with Crippen molar-refractivity contribution in [2.24, 2.45) is 0 Å². The molecule has 0 aliphatic rings. The van der Waals surface area contributed by atoms with Gasteiger partial charge in [0.05, 0.1) is 0 Å². The topological polar surface area (TPSA) is 78.9 Å². The summed E-state index contributed by atoms with van der Waals surface area (Å²) in [7, 11) is 0. The Bertz CT molecular complexity index is 1330. The van der Waals surface area contributed by atoms with Crippen molar-refractivity contribution >= 4 is 17.9 Å². The second-order valence-corrected chi connectivity index (χ2v) is 16.4. The molecule has 1 atom stereocenters. The average Bonchev–Trinajstić information content (AvgIpc) is 3.28. The van der Waals surface area contributed by atoms with Crippen LogP contribution in [0, 0.1) is 0 Å². The van der Waals surface area contributed by atoms with Crippen molar-refractivity contribution in [3.63, 3.8) is 0 Å². The number of hydrogen-bond donors (Lipinski definition) is 0. The number of esters is 3. The monoisotopic (exact) mass is 873 g/mol. The Labute approximate surface area is 387 Å². The van der Waals surface area contributed by atoms with Crippen LogP contribution in [0.3, 0.4) is 0 Å². The quantitative estimate of drug-likeness (QED) is 0.0199. The molecule has 0 rings (SSSR count). The minimum atomic E-state index is -0.813. The summed E-state index contributed by atoms with van der Waals surface area (Å²) in [5, 5.41) is 0. The Kier molecular flexibility index (Phi) is 47.5. The van der Waals surface area contributed by atoms with Crippen LogP contribution in [0.4, 0.5) is 0 Å². The van der Waals surface area contributed by atoms with Gasteiger partial charge in [-0.2, -0.15) is 0 Å². The van der Waals surface area contributed by atoms with Crippen LogP contribution in [-0.4, -0.2) is 37.2 Å². The maximum atomic E-state index is 12.8. The lowest BCUT2D eigenvalue weighted by atomic mass is 10.0. The van der Waals surface area contributed by atoms with E-state index in [4.69, 9.17) is 14.2 Å². The Hall–Kier alpha value is -3.93. The molecule has 1 unspecified atom stereocenters. The number of allylic oxidation sites excluding steroid dienone is 18.